The molecule has 8 heteroatoms. The number of hydrogen-bond donors (Lipinski definition) is 0. The molecule has 2 nitrogen and oxygen atoms in total. The van der Waals surface area contributed by atoms with Crippen LogP contribution in [0.25, 0.3) is 20.2 Å². The Hall–Kier alpha value is -2.35. The van der Waals surface area contributed by atoms with E-state index in [9.17, 15) is 22.0 Å². The molecule has 1 heterocycles. The fourth-order valence-corrected chi connectivity index (χ4v) is 3.43. The number of fused-ring (bicyclic) bond motifs is 3. The zero-order valence-corrected chi connectivity index (χ0v) is 12.7. The molecule has 0 spiro atoms. The topological polar surface area (TPSA) is 18.5 Å². The highest BCUT2D eigenvalue weighted by atomic mass is 32.1. The molecule has 0 saturated carbocycles. The number of alkyl halides is 3. The molecule has 24 heavy (non-hydrogen) atoms. The molecule has 3 rings (SSSR count). The van der Waals surface area contributed by atoms with Crippen molar-refractivity contribution in [3.63, 3.8) is 0 Å². The molecule has 0 bridgehead atoms. The minimum absolute atomic E-state index is 0.0406. The van der Waals surface area contributed by atoms with Gasteiger partial charge in [-0.05, 0) is 24.3 Å². The predicted molar refractivity (Wildman–Crippen MR) is 81.6 cm³/mol. The third-order valence-electron chi connectivity index (χ3n) is 3.20. The summed E-state index contributed by atoms with van der Waals surface area (Å²) in [5.41, 5.74) is 0. The van der Waals surface area contributed by atoms with Crippen LogP contribution in [0.5, 0.6) is 11.5 Å². The van der Waals surface area contributed by atoms with Gasteiger partial charge < -0.3 is 9.47 Å². The van der Waals surface area contributed by atoms with Gasteiger partial charge in [0.25, 0.3) is 0 Å². The molecule has 0 unspecified atom stereocenters. The van der Waals surface area contributed by atoms with Crippen LogP contribution in [0.3, 0.4) is 0 Å². The highest BCUT2D eigenvalue weighted by Gasteiger charge is 2.33. The van der Waals surface area contributed by atoms with Crippen LogP contribution in [0.1, 0.15) is 0 Å². The van der Waals surface area contributed by atoms with Gasteiger partial charge in [0, 0.05) is 10.8 Å². The summed E-state index contributed by atoms with van der Waals surface area (Å²) in [4.78, 5) is 0. The SMILES string of the molecule is C=CCOc1ccc2c(sc3c(F)c(OC(F)(F)F)ccc32)c1F. The van der Waals surface area contributed by atoms with E-state index in [2.05, 4.69) is 11.3 Å². The lowest BCUT2D eigenvalue weighted by molar-refractivity contribution is -0.275. The number of benzene rings is 2. The summed E-state index contributed by atoms with van der Waals surface area (Å²) in [7, 11) is 0. The lowest BCUT2D eigenvalue weighted by atomic mass is 10.1. The first-order chi connectivity index (χ1) is 11.3. The smallest absolute Gasteiger partial charge is 0.486 e. The van der Waals surface area contributed by atoms with Crippen LogP contribution in [0, 0.1) is 11.6 Å². The van der Waals surface area contributed by atoms with E-state index in [-0.39, 0.29) is 21.8 Å². The fourth-order valence-electron chi connectivity index (χ4n) is 2.27. The zero-order chi connectivity index (χ0) is 17.5. The largest absolute Gasteiger partial charge is 0.573 e. The van der Waals surface area contributed by atoms with Crippen LogP contribution in [0.4, 0.5) is 22.0 Å². The summed E-state index contributed by atoms with van der Waals surface area (Å²) in [6.07, 6.45) is -3.57. The van der Waals surface area contributed by atoms with Crippen molar-refractivity contribution in [3.8, 4) is 11.5 Å². The van der Waals surface area contributed by atoms with Crippen LogP contribution in [0.2, 0.25) is 0 Å². The number of thiophene rings is 1. The second-order valence-corrected chi connectivity index (χ2v) is 5.78. The molecule has 0 amide bonds. The molecule has 1 aromatic heterocycles. The number of hydrogen-bond acceptors (Lipinski definition) is 3. The fraction of sp³-hybridized carbons (Fsp3) is 0.125. The Bertz CT molecular complexity index is 930. The molecule has 0 fully saturated rings. The average molecular weight is 360 g/mol. The predicted octanol–water partition coefficient (Wildman–Crippen LogP) is 5.80. The Morgan fingerprint density at radius 3 is 2.04 bits per heavy atom. The molecule has 3 aromatic rings. The molecule has 0 aliphatic heterocycles. The van der Waals surface area contributed by atoms with Gasteiger partial charge >= 0.3 is 6.36 Å². The van der Waals surface area contributed by atoms with Crippen LogP contribution >= 0.6 is 11.3 Å². The molecular weight excluding hydrogens is 351 g/mol. The molecule has 0 saturated heterocycles. The third-order valence-corrected chi connectivity index (χ3v) is 4.41. The highest BCUT2D eigenvalue weighted by Crippen LogP contribution is 2.42. The molecule has 0 N–H and O–H groups in total. The summed E-state index contributed by atoms with van der Waals surface area (Å²) < 4.78 is 74.4. The van der Waals surface area contributed by atoms with Gasteiger partial charge in [0.15, 0.2) is 23.1 Å². The molecule has 2 aromatic carbocycles. The van der Waals surface area contributed by atoms with Crippen LogP contribution in [-0.4, -0.2) is 13.0 Å². The first kappa shape index (κ1) is 16.5. The maximum atomic E-state index is 14.5. The molecule has 0 atom stereocenters. The molecule has 126 valence electrons. The summed E-state index contributed by atoms with van der Waals surface area (Å²) >= 11 is 0.700. The lowest BCUT2D eigenvalue weighted by Crippen LogP contribution is -2.17. The quantitative estimate of drug-likeness (QED) is 0.433. The second kappa shape index (κ2) is 5.94. The lowest BCUT2D eigenvalue weighted by Gasteiger charge is -2.09. The van der Waals surface area contributed by atoms with E-state index >= 15 is 0 Å². The zero-order valence-electron chi connectivity index (χ0n) is 11.9. The van der Waals surface area contributed by atoms with E-state index in [0.29, 0.717) is 22.1 Å². The van der Waals surface area contributed by atoms with Crippen molar-refractivity contribution in [3.05, 3.63) is 48.6 Å². The van der Waals surface area contributed by atoms with Crippen molar-refractivity contribution in [2.24, 2.45) is 0 Å². The van der Waals surface area contributed by atoms with Crippen molar-refractivity contribution in [2.75, 3.05) is 6.61 Å². The Labute approximate surface area is 136 Å². The van der Waals surface area contributed by atoms with Crippen molar-refractivity contribution in [2.45, 2.75) is 6.36 Å². The van der Waals surface area contributed by atoms with Crippen molar-refractivity contribution in [1.29, 1.82) is 0 Å². The Balaban J connectivity index is 2.17. The monoisotopic (exact) mass is 360 g/mol. The number of ether oxygens (including phenoxy) is 2. The summed E-state index contributed by atoms with van der Waals surface area (Å²) in [6.45, 7) is 3.54. The van der Waals surface area contributed by atoms with Crippen molar-refractivity contribution in [1.82, 2.24) is 0 Å². The number of rotatable bonds is 4. The normalized spacial score (nSPS) is 11.9. The first-order valence-electron chi connectivity index (χ1n) is 6.64. The molecule has 0 aliphatic carbocycles. The van der Waals surface area contributed by atoms with Crippen molar-refractivity contribution < 1.29 is 31.4 Å². The first-order valence-corrected chi connectivity index (χ1v) is 7.46. The van der Waals surface area contributed by atoms with Gasteiger partial charge in [-0.15, -0.1) is 24.5 Å². The van der Waals surface area contributed by atoms with Gasteiger partial charge in [0.1, 0.15) is 6.61 Å². The van der Waals surface area contributed by atoms with Crippen LogP contribution in [-0.2, 0) is 0 Å². The van der Waals surface area contributed by atoms with E-state index in [4.69, 9.17) is 4.74 Å². The van der Waals surface area contributed by atoms with E-state index in [1.807, 2.05) is 0 Å². The van der Waals surface area contributed by atoms with Gasteiger partial charge in [-0.3, -0.25) is 0 Å². The van der Waals surface area contributed by atoms with E-state index < -0.39 is 23.7 Å². The Morgan fingerprint density at radius 1 is 0.958 bits per heavy atom. The molecular formula is C16H9F5O2S. The van der Waals surface area contributed by atoms with Gasteiger partial charge in [-0.2, -0.15) is 0 Å². The van der Waals surface area contributed by atoms with E-state index in [0.717, 1.165) is 6.07 Å². The van der Waals surface area contributed by atoms with Gasteiger partial charge in [0.2, 0.25) is 0 Å². The Morgan fingerprint density at radius 2 is 1.50 bits per heavy atom. The summed E-state index contributed by atoms with van der Waals surface area (Å²) in [5, 5.41) is 0.687. The minimum atomic E-state index is -5.01. The standard InChI is InChI=1S/C16H9F5O2S/c1-2-7-22-10-5-3-8-9-4-6-11(23-16(19,20)21)13(18)15(9)24-14(8)12(10)17/h2-6H,1,7H2. The third kappa shape index (κ3) is 2.89. The van der Waals surface area contributed by atoms with E-state index in [1.54, 1.807) is 0 Å². The highest BCUT2D eigenvalue weighted by molar-refractivity contribution is 7.25. The molecule has 0 radical (unpaired) electrons. The van der Waals surface area contributed by atoms with E-state index in [1.165, 1.54) is 24.3 Å². The summed E-state index contributed by atoms with van der Waals surface area (Å²) in [6, 6.07) is 5.05. The van der Waals surface area contributed by atoms with Gasteiger partial charge in [0.05, 0.1) is 9.40 Å². The minimum Gasteiger partial charge on any atom is -0.486 e. The van der Waals surface area contributed by atoms with Crippen LogP contribution < -0.4 is 9.47 Å². The average Bonchev–Trinajstić information content (AvgIpc) is 2.89. The van der Waals surface area contributed by atoms with Gasteiger partial charge in [-0.25, -0.2) is 8.78 Å². The second-order valence-electron chi connectivity index (χ2n) is 4.76. The maximum absolute atomic E-state index is 14.5. The maximum Gasteiger partial charge on any atom is 0.573 e. The van der Waals surface area contributed by atoms with Crippen molar-refractivity contribution >= 4 is 31.5 Å². The van der Waals surface area contributed by atoms with Gasteiger partial charge in [-0.1, -0.05) is 12.7 Å². The number of halogens is 5. The molecule has 0 aliphatic rings. The Kier molecular flexibility index (Phi) is 4.08. The van der Waals surface area contributed by atoms with Crippen LogP contribution in [0.15, 0.2) is 36.9 Å². The summed E-state index contributed by atoms with van der Waals surface area (Å²) in [5.74, 6) is -2.88.